The summed E-state index contributed by atoms with van der Waals surface area (Å²) in [4.78, 5) is 3.42. The summed E-state index contributed by atoms with van der Waals surface area (Å²) in [7, 11) is 0. The van der Waals surface area contributed by atoms with Gasteiger partial charge in [0.25, 0.3) is 0 Å². The van der Waals surface area contributed by atoms with Crippen LogP contribution >= 0.6 is 0 Å². The van der Waals surface area contributed by atoms with Crippen LogP contribution in [0.2, 0.25) is 0 Å². The zero-order valence-electron chi connectivity index (χ0n) is 11.0. The Labute approximate surface area is 160 Å². The van der Waals surface area contributed by atoms with Crippen LogP contribution in [0, 0.1) is 11.6 Å². The Morgan fingerprint density at radius 2 is 1.57 bits per heavy atom. The van der Waals surface area contributed by atoms with Gasteiger partial charge in [0.15, 0.2) is 0 Å². The first-order valence-corrected chi connectivity index (χ1v) is 5.57. The number of hydrogen-bond acceptors (Lipinski definition) is 2. The first-order valence-electron chi connectivity index (χ1n) is 5.57. The second-order valence-electron chi connectivity index (χ2n) is 4.10. The Kier molecular flexibility index (Phi) is 6.79. The molecule has 0 amide bonds. The maximum Gasteiger partial charge on any atom is 1.00 e. The zero-order valence-corrected chi connectivity index (χ0v) is 14.1. The molecule has 0 spiro atoms. The maximum atomic E-state index is 12.9. The van der Waals surface area contributed by atoms with Gasteiger partial charge in [-0.05, 0) is 23.8 Å². The van der Waals surface area contributed by atoms with Crippen LogP contribution in [0.4, 0.5) is 21.7 Å². The van der Waals surface area contributed by atoms with Gasteiger partial charge >= 0.3 is 58.4 Å². The number of hydrogen-bond donors (Lipinski definition) is 0. The molecule has 1 aromatic heterocycles. The van der Waals surface area contributed by atoms with Crippen LogP contribution in [0.1, 0.15) is 5.56 Å². The number of halogens is 5. The first kappa shape index (κ1) is 18.6. The predicted molar refractivity (Wildman–Crippen MR) is 63.6 cm³/mol. The van der Waals surface area contributed by atoms with Gasteiger partial charge in [-0.3, -0.25) is 4.98 Å². The number of aromatic nitrogens is 1. The summed E-state index contributed by atoms with van der Waals surface area (Å²) in [6, 6.07) is 3.56. The Morgan fingerprint density at radius 1 is 0.952 bits per heavy atom. The van der Waals surface area contributed by atoms with Crippen molar-refractivity contribution in [3.05, 3.63) is 53.9 Å². The van der Waals surface area contributed by atoms with E-state index in [1.54, 1.807) is 0 Å². The van der Waals surface area contributed by atoms with Crippen LogP contribution in [0.5, 0.6) is 5.75 Å². The van der Waals surface area contributed by atoms with Crippen molar-refractivity contribution < 1.29 is 77.8 Å². The molecule has 0 radical (unpaired) electrons. The van der Waals surface area contributed by atoms with Crippen molar-refractivity contribution in [3.8, 4) is 5.75 Å². The standard InChI is InChI=1S/C12H8BF5NO.K/c14-10-1-8(2-11(15)4-10)7-20-12-3-9(5-19-6-12)13(16,17)18;/h1-6H,7H2;/q-1;+1. The van der Waals surface area contributed by atoms with Crippen molar-refractivity contribution in [2.75, 3.05) is 0 Å². The molecule has 0 N–H and O–H groups in total. The van der Waals surface area contributed by atoms with Crippen LogP contribution in [-0.4, -0.2) is 12.0 Å². The van der Waals surface area contributed by atoms with E-state index in [-0.39, 0.29) is 69.3 Å². The van der Waals surface area contributed by atoms with Crippen LogP contribution in [0.15, 0.2) is 36.7 Å². The third kappa shape index (κ3) is 5.67. The number of nitrogens with zero attached hydrogens (tertiary/aromatic N) is 1. The van der Waals surface area contributed by atoms with Crippen LogP contribution in [0.25, 0.3) is 0 Å². The van der Waals surface area contributed by atoms with E-state index in [1.165, 1.54) is 0 Å². The topological polar surface area (TPSA) is 22.1 Å². The molecule has 0 aliphatic rings. The molecule has 0 saturated carbocycles. The number of rotatable bonds is 4. The van der Waals surface area contributed by atoms with E-state index < -0.39 is 24.1 Å². The average Bonchev–Trinajstić information content (AvgIpc) is 2.35. The van der Waals surface area contributed by atoms with Crippen molar-refractivity contribution in [3.63, 3.8) is 0 Å². The van der Waals surface area contributed by atoms with Gasteiger partial charge in [0.1, 0.15) is 24.0 Å². The molecule has 0 atom stereocenters. The number of pyridine rings is 1. The fraction of sp³-hybridized carbons (Fsp3) is 0.0833. The summed E-state index contributed by atoms with van der Waals surface area (Å²) in [5.74, 6) is -1.69. The normalized spacial score (nSPS) is 10.9. The smallest absolute Gasteiger partial charge is 0.487 e. The minimum Gasteiger partial charge on any atom is -0.487 e. The summed E-state index contributed by atoms with van der Waals surface area (Å²) in [5, 5.41) is 0. The summed E-state index contributed by atoms with van der Waals surface area (Å²) < 4.78 is 68.4. The SMILES string of the molecule is Fc1cc(F)cc(COc2cncc([B-](F)(F)F)c2)c1.[K+]. The molecule has 0 bridgehead atoms. The predicted octanol–water partition coefficient (Wildman–Crippen LogP) is -0.00280. The van der Waals surface area contributed by atoms with Crippen molar-refractivity contribution in [2.45, 2.75) is 6.61 Å². The molecule has 1 heterocycles. The van der Waals surface area contributed by atoms with E-state index in [0.717, 1.165) is 24.4 Å². The third-order valence-corrected chi connectivity index (χ3v) is 2.44. The molecule has 106 valence electrons. The summed E-state index contributed by atoms with van der Waals surface area (Å²) in [6.07, 6.45) is 1.79. The van der Waals surface area contributed by atoms with Gasteiger partial charge in [0.05, 0.1) is 6.20 Å². The molecule has 21 heavy (non-hydrogen) atoms. The van der Waals surface area contributed by atoms with E-state index in [0.29, 0.717) is 12.3 Å². The van der Waals surface area contributed by atoms with Crippen LogP contribution < -0.4 is 61.6 Å². The Bertz CT molecular complexity index is 603. The van der Waals surface area contributed by atoms with Gasteiger partial charge in [0, 0.05) is 12.3 Å². The number of ether oxygens (including phenoxy) is 1. The average molecular weight is 327 g/mol. The van der Waals surface area contributed by atoms with E-state index in [4.69, 9.17) is 4.74 Å². The minimum absolute atomic E-state index is 0. The molecule has 0 saturated heterocycles. The Balaban J connectivity index is 0.00000220. The van der Waals surface area contributed by atoms with Gasteiger partial charge < -0.3 is 17.7 Å². The van der Waals surface area contributed by atoms with Gasteiger partial charge in [-0.15, -0.1) is 0 Å². The van der Waals surface area contributed by atoms with Gasteiger partial charge in [0.2, 0.25) is 0 Å². The Morgan fingerprint density at radius 3 is 2.14 bits per heavy atom. The fourth-order valence-corrected chi connectivity index (χ4v) is 1.55. The molecular formula is C12H8BF5KNO. The number of benzene rings is 1. The second kappa shape index (κ2) is 7.68. The third-order valence-electron chi connectivity index (χ3n) is 2.44. The molecule has 0 aliphatic heterocycles. The monoisotopic (exact) mass is 327 g/mol. The Hall–Kier alpha value is -0.479. The molecule has 0 aliphatic carbocycles. The first-order chi connectivity index (χ1) is 9.34. The van der Waals surface area contributed by atoms with E-state index >= 15 is 0 Å². The maximum absolute atomic E-state index is 12.9. The summed E-state index contributed by atoms with van der Waals surface area (Å²) >= 11 is 0. The molecule has 0 fully saturated rings. The molecule has 9 heteroatoms. The van der Waals surface area contributed by atoms with Crippen molar-refractivity contribution in [1.82, 2.24) is 4.98 Å². The largest absolute Gasteiger partial charge is 1.00 e. The van der Waals surface area contributed by atoms with Gasteiger partial charge in [-0.2, -0.15) is 0 Å². The van der Waals surface area contributed by atoms with E-state index in [2.05, 4.69) is 4.98 Å². The van der Waals surface area contributed by atoms with Crippen molar-refractivity contribution >= 4 is 12.4 Å². The second-order valence-corrected chi connectivity index (χ2v) is 4.10. The van der Waals surface area contributed by atoms with Crippen LogP contribution in [-0.2, 0) is 6.61 Å². The van der Waals surface area contributed by atoms with Crippen molar-refractivity contribution in [2.24, 2.45) is 0 Å². The molecule has 1 aromatic carbocycles. The van der Waals surface area contributed by atoms with Crippen molar-refractivity contribution in [1.29, 1.82) is 0 Å². The molecule has 2 rings (SSSR count). The van der Waals surface area contributed by atoms with Crippen LogP contribution in [0.3, 0.4) is 0 Å². The van der Waals surface area contributed by atoms with Gasteiger partial charge in [-0.1, -0.05) is 5.46 Å². The molecule has 0 unspecified atom stereocenters. The fourth-order valence-electron chi connectivity index (χ4n) is 1.55. The van der Waals surface area contributed by atoms with E-state index in [9.17, 15) is 21.7 Å². The minimum atomic E-state index is -5.17. The summed E-state index contributed by atoms with van der Waals surface area (Å²) in [5.41, 5.74) is -0.724. The summed E-state index contributed by atoms with van der Waals surface area (Å²) in [6.45, 7) is -5.43. The molecule has 2 aromatic rings. The molecule has 2 nitrogen and oxygen atoms in total. The molecular weight excluding hydrogens is 319 g/mol. The van der Waals surface area contributed by atoms with Gasteiger partial charge in [-0.25, -0.2) is 8.78 Å². The quantitative estimate of drug-likeness (QED) is 0.583. The van der Waals surface area contributed by atoms with E-state index in [1.807, 2.05) is 0 Å². The zero-order chi connectivity index (χ0) is 14.8.